The number of amides is 1. The minimum absolute atomic E-state index is 0.278. The summed E-state index contributed by atoms with van der Waals surface area (Å²) in [5, 5.41) is 11.3. The average Bonchev–Trinajstić information content (AvgIpc) is 2.88. The summed E-state index contributed by atoms with van der Waals surface area (Å²) in [5.74, 6) is -0.794. The molecule has 1 N–H and O–H groups in total. The van der Waals surface area contributed by atoms with Crippen molar-refractivity contribution in [2.24, 2.45) is 5.41 Å². The van der Waals surface area contributed by atoms with Crippen LogP contribution in [0.2, 0.25) is 5.02 Å². The molecule has 0 radical (unpaired) electrons. The first kappa shape index (κ1) is 18.1. The maximum Gasteiger partial charge on any atom is 0.258 e. The van der Waals surface area contributed by atoms with Crippen molar-refractivity contribution in [2.45, 2.75) is 40.7 Å². The Bertz CT molecular complexity index is 777. The summed E-state index contributed by atoms with van der Waals surface area (Å²) < 4.78 is 0. The first-order chi connectivity index (χ1) is 11.1. The number of halogens is 1. The first-order valence-electron chi connectivity index (χ1n) is 7.59. The zero-order chi connectivity index (χ0) is 18.1. The number of rotatable bonds is 4. The van der Waals surface area contributed by atoms with Gasteiger partial charge in [-0.2, -0.15) is 15.0 Å². The Morgan fingerprint density at radius 3 is 2.46 bits per heavy atom. The van der Waals surface area contributed by atoms with Crippen LogP contribution in [0, 0.1) is 19.3 Å². The van der Waals surface area contributed by atoms with E-state index < -0.39 is 17.4 Å². The molecule has 128 valence electrons. The van der Waals surface area contributed by atoms with E-state index in [1.807, 2.05) is 13.0 Å². The molecule has 0 saturated heterocycles. The molecule has 1 atom stereocenters. The van der Waals surface area contributed by atoms with Gasteiger partial charge >= 0.3 is 0 Å². The van der Waals surface area contributed by atoms with Crippen LogP contribution in [0.25, 0.3) is 0 Å². The van der Waals surface area contributed by atoms with E-state index in [2.05, 4.69) is 15.5 Å². The monoisotopic (exact) mass is 348 g/mol. The summed E-state index contributed by atoms with van der Waals surface area (Å²) in [7, 11) is 0. The first-order valence-corrected chi connectivity index (χ1v) is 7.97. The fraction of sp³-hybridized carbons (Fsp3) is 0.412. The molecular weight excluding hydrogens is 328 g/mol. The predicted molar refractivity (Wildman–Crippen MR) is 93.1 cm³/mol. The second kappa shape index (κ2) is 6.73. The van der Waals surface area contributed by atoms with Gasteiger partial charge < -0.3 is 5.32 Å². The average molecular weight is 349 g/mol. The van der Waals surface area contributed by atoms with Gasteiger partial charge in [0.1, 0.15) is 0 Å². The number of carbonyl (C=O) groups is 2. The van der Waals surface area contributed by atoms with Crippen LogP contribution in [0.3, 0.4) is 0 Å². The number of ketones is 1. The van der Waals surface area contributed by atoms with Crippen LogP contribution in [-0.4, -0.2) is 26.7 Å². The second-order valence-electron chi connectivity index (χ2n) is 6.80. The smallest absolute Gasteiger partial charge is 0.258 e. The molecule has 0 bridgehead atoms. The molecule has 6 nitrogen and oxygen atoms in total. The molecule has 0 saturated carbocycles. The van der Waals surface area contributed by atoms with Crippen LogP contribution in [0.15, 0.2) is 24.4 Å². The van der Waals surface area contributed by atoms with Crippen LogP contribution < -0.4 is 5.32 Å². The summed E-state index contributed by atoms with van der Waals surface area (Å²) in [5.41, 5.74) is 1.31. The maximum atomic E-state index is 12.8. The number of benzene rings is 1. The Kier molecular flexibility index (Phi) is 5.08. The Labute approximate surface area is 146 Å². The van der Waals surface area contributed by atoms with Gasteiger partial charge in [-0.05, 0) is 31.5 Å². The Balaban J connectivity index is 2.38. The lowest BCUT2D eigenvalue weighted by Gasteiger charge is -2.23. The highest BCUT2D eigenvalue weighted by Gasteiger charge is 2.37. The Morgan fingerprint density at radius 1 is 1.25 bits per heavy atom. The molecular formula is C17H21ClN4O2. The molecule has 24 heavy (non-hydrogen) atoms. The highest BCUT2D eigenvalue weighted by molar-refractivity contribution is 6.33. The van der Waals surface area contributed by atoms with E-state index in [-0.39, 0.29) is 5.78 Å². The van der Waals surface area contributed by atoms with Crippen molar-refractivity contribution in [1.82, 2.24) is 15.0 Å². The summed E-state index contributed by atoms with van der Waals surface area (Å²) in [4.78, 5) is 26.7. The van der Waals surface area contributed by atoms with E-state index in [1.165, 1.54) is 6.20 Å². The number of hydrogen-bond donors (Lipinski definition) is 1. The van der Waals surface area contributed by atoms with Crippen molar-refractivity contribution in [3.8, 4) is 0 Å². The molecule has 0 spiro atoms. The van der Waals surface area contributed by atoms with Gasteiger partial charge in [0.25, 0.3) is 5.91 Å². The van der Waals surface area contributed by atoms with E-state index in [1.54, 1.807) is 39.8 Å². The lowest BCUT2D eigenvalue weighted by molar-refractivity contribution is -0.136. The molecule has 1 aromatic carbocycles. The lowest BCUT2D eigenvalue weighted by atomic mass is 9.86. The lowest BCUT2D eigenvalue weighted by Crippen LogP contribution is -2.39. The minimum atomic E-state index is -1.16. The maximum absolute atomic E-state index is 12.8. The highest BCUT2D eigenvalue weighted by Crippen LogP contribution is 2.27. The molecule has 2 aromatic rings. The number of carbonyl (C=O) groups excluding carboxylic acids is 2. The summed E-state index contributed by atoms with van der Waals surface area (Å²) in [6.07, 6.45) is 1.51. The fourth-order valence-electron chi connectivity index (χ4n) is 2.16. The number of anilines is 1. The largest absolute Gasteiger partial charge is 0.322 e. The van der Waals surface area contributed by atoms with Gasteiger partial charge in [0.15, 0.2) is 5.78 Å². The summed E-state index contributed by atoms with van der Waals surface area (Å²) in [6, 6.07) is 4.13. The molecule has 0 aliphatic carbocycles. The van der Waals surface area contributed by atoms with Gasteiger partial charge in [-0.25, -0.2) is 0 Å². The normalized spacial score (nSPS) is 12.8. The van der Waals surface area contributed by atoms with Gasteiger partial charge in [-0.15, -0.1) is 0 Å². The van der Waals surface area contributed by atoms with Crippen molar-refractivity contribution < 1.29 is 9.59 Å². The molecule has 0 aliphatic heterocycles. The summed E-state index contributed by atoms with van der Waals surface area (Å²) >= 11 is 6.13. The van der Waals surface area contributed by atoms with Gasteiger partial charge in [-0.1, -0.05) is 38.4 Å². The minimum Gasteiger partial charge on any atom is -0.322 e. The topological polar surface area (TPSA) is 76.9 Å². The van der Waals surface area contributed by atoms with Crippen molar-refractivity contribution in [3.05, 3.63) is 40.7 Å². The number of hydrogen-bond acceptors (Lipinski definition) is 4. The quantitative estimate of drug-likeness (QED) is 0.859. The van der Waals surface area contributed by atoms with E-state index in [0.29, 0.717) is 16.4 Å². The Hall–Kier alpha value is -2.21. The van der Waals surface area contributed by atoms with Crippen molar-refractivity contribution in [3.63, 3.8) is 0 Å². The molecule has 7 heteroatoms. The number of nitrogens with one attached hydrogen (secondary N) is 1. The zero-order valence-corrected chi connectivity index (χ0v) is 15.2. The fourth-order valence-corrected chi connectivity index (χ4v) is 2.32. The number of aromatic nitrogens is 3. The SMILES string of the molecule is Cc1ccc(Cl)c(NC(=O)C(C(=O)C(C)(C)C)n2ncc(C)n2)c1. The van der Waals surface area contributed by atoms with Crippen LogP contribution in [0.5, 0.6) is 0 Å². The molecule has 0 fully saturated rings. The molecule has 1 unspecified atom stereocenters. The van der Waals surface area contributed by atoms with Crippen LogP contribution in [0.1, 0.15) is 38.1 Å². The third kappa shape index (κ3) is 4.00. The van der Waals surface area contributed by atoms with Crippen LogP contribution in [-0.2, 0) is 9.59 Å². The number of aryl methyl sites for hydroxylation is 2. The Morgan fingerprint density at radius 2 is 1.92 bits per heavy atom. The van der Waals surface area contributed by atoms with Crippen molar-refractivity contribution >= 4 is 29.0 Å². The standard InChI is InChI=1S/C17H21ClN4O2/c1-10-6-7-12(18)13(8-10)20-16(24)14(15(23)17(3,4)5)22-19-9-11(2)21-22/h6-9,14H,1-5H3,(H,20,24). The van der Waals surface area contributed by atoms with Gasteiger partial charge in [0.2, 0.25) is 6.04 Å². The third-order valence-electron chi connectivity index (χ3n) is 3.47. The van der Waals surface area contributed by atoms with Gasteiger partial charge in [0.05, 0.1) is 22.6 Å². The van der Waals surface area contributed by atoms with E-state index in [0.717, 1.165) is 10.4 Å². The van der Waals surface area contributed by atoms with Gasteiger partial charge in [0, 0.05) is 5.41 Å². The molecule has 0 aliphatic rings. The number of Topliss-reactive ketones (excluding diaryl/α,β-unsaturated/α-hetero) is 1. The molecule has 2 rings (SSSR count). The second-order valence-corrected chi connectivity index (χ2v) is 7.20. The van der Waals surface area contributed by atoms with Gasteiger partial charge in [-0.3, -0.25) is 9.59 Å². The van der Waals surface area contributed by atoms with Crippen LogP contribution in [0.4, 0.5) is 5.69 Å². The zero-order valence-electron chi connectivity index (χ0n) is 14.4. The number of nitrogens with zero attached hydrogens (tertiary/aromatic N) is 3. The molecule has 1 heterocycles. The van der Waals surface area contributed by atoms with E-state index in [9.17, 15) is 9.59 Å². The predicted octanol–water partition coefficient (Wildman–Crippen LogP) is 3.34. The van der Waals surface area contributed by atoms with E-state index in [4.69, 9.17) is 11.6 Å². The third-order valence-corrected chi connectivity index (χ3v) is 3.80. The van der Waals surface area contributed by atoms with Crippen molar-refractivity contribution in [1.29, 1.82) is 0 Å². The van der Waals surface area contributed by atoms with Crippen molar-refractivity contribution in [2.75, 3.05) is 5.32 Å². The molecule has 1 aromatic heterocycles. The molecule has 1 amide bonds. The van der Waals surface area contributed by atoms with E-state index >= 15 is 0 Å². The van der Waals surface area contributed by atoms with Crippen LogP contribution >= 0.6 is 11.6 Å². The summed E-state index contributed by atoms with van der Waals surface area (Å²) in [6.45, 7) is 8.91. The highest BCUT2D eigenvalue weighted by atomic mass is 35.5.